The Morgan fingerprint density at radius 2 is 1.88 bits per heavy atom. The van der Waals surface area contributed by atoms with E-state index in [-0.39, 0.29) is 0 Å². The van der Waals surface area contributed by atoms with Crippen molar-refractivity contribution < 1.29 is 23.9 Å². The summed E-state index contributed by atoms with van der Waals surface area (Å²) in [6, 6.07) is 7.38. The Kier molecular flexibility index (Phi) is 5.63. The van der Waals surface area contributed by atoms with Crippen molar-refractivity contribution in [2.75, 3.05) is 6.67 Å². The highest BCUT2D eigenvalue weighted by Gasteiger charge is 2.27. The van der Waals surface area contributed by atoms with Crippen LogP contribution < -0.4 is 10.9 Å². The molecule has 1 aromatic carbocycles. The number of alkyl halides is 1. The van der Waals surface area contributed by atoms with Crippen molar-refractivity contribution in [3.8, 4) is 0 Å². The van der Waals surface area contributed by atoms with Gasteiger partial charge in [-0.05, 0) is 24.4 Å². The van der Waals surface area contributed by atoms with Gasteiger partial charge in [0.1, 0.15) is 18.8 Å². The number of carbonyl (C=O) groups is 3. The third-order valence-corrected chi connectivity index (χ3v) is 3.82. The Morgan fingerprint density at radius 1 is 1.20 bits per heavy atom. The fourth-order valence-electron chi connectivity index (χ4n) is 2.53. The second kappa shape index (κ2) is 7.69. The van der Waals surface area contributed by atoms with Crippen molar-refractivity contribution in [1.82, 2.24) is 9.88 Å². The Morgan fingerprint density at radius 3 is 2.52 bits per heavy atom. The van der Waals surface area contributed by atoms with Crippen molar-refractivity contribution in [2.24, 2.45) is 0 Å². The molecule has 0 bridgehead atoms. The predicted octanol–water partition coefficient (Wildman–Crippen LogP) is 1.06. The van der Waals surface area contributed by atoms with Crippen LogP contribution >= 0.6 is 0 Å². The van der Waals surface area contributed by atoms with Gasteiger partial charge in [0.05, 0.1) is 11.9 Å². The van der Waals surface area contributed by atoms with Gasteiger partial charge in [0.25, 0.3) is 5.56 Å². The number of nitrogens with zero attached hydrogens (tertiary/aromatic N) is 1. The Bertz CT molecular complexity index is 877. The number of Topliss-reactive ketones (excluding diaryl/α,β-unsaturated/α-hetero) is 1. The minimum Gasteiger partial charge on any atom is -0.481 e. The second-order valence-electron chi connectivity index (χ2n) is 5.54. The van der Waals surface area contributed by atoms with Crippen LogP contribution in [0.25, 0.3) is 10.9 Å². The zero-order chi connectivity index (χ0) is 18.6. The first-order valence-electron chi connectivity index (χ1n) is 7.56. The van der Waals surface area contributed by atoms with E-state index in [0.717, 1.165) is 5.39 Å². The Balaban J connectivity index is 2.34. The number of pyridine rings is 1. The standard InChI is InChI=1S/C17H17FN2O5/c1-10(17(25)19-12(8-16(23)24)14(21)9-18)20-13-5-3-2-4-11(13)6-7-15(20)22/h2-7,10,12H,8-9H2,1H3,(H,19,25)(H,23,24)/t10-,12?/m0/s1. The van der Waals surface area contributed by atoms with Crippen molar-refractivity contribution in [3.05, 3.63) is 46.8 Å². The molecule has 2 atom stereocenters. The molecule has 7 nitrogen and oxygen atoms in total. The van der Waals surface area contributed by atoms with Gasteiger partial charge in [-0.2, -0.15) is 0 Å². The lowest BCUT2D eigenvalue weighted by atomic mass is 10.1. The third-order valence-electron chi connectivity index (χ3n) is 3.82. The van der Waals surface area contributed by atoms with Gasteiger partial charge in [0.15, 0.2) is 5.78 Å². The molecule has 0 aliphatic heterocycles. The molecule has 0 spiro atoms. The van der Waals surface area contributed by atoms with Crippen molar-refractivity contribution >= 4 is 28.6 Å². The first-order chi connectivity index (χ1) is 11.8. The number of ketones is 1. The first kappa shape index (κ1) is 18.3. The molecule has 25 heavy (non-hydrogen) atoms. The average molecular weight is 348 g/mol. The molecule has 0 saturated heterocycles. The molecule has 2 aromatic rings. The number of halogens is 1. The van der Waals surface area contributed by atoms with Gasteiger partial charge in [-0.1, -0.05) is 18.2 Å². The SMILES string of the molecule is C[C@@H](C(=O)NC(CC(=O)O)C(=O)CF)n1c(=O)ccc2ccccc21. The lowest BCUT2D eigenvalue weighted by Gasteiger charge is -2.20. The molecule has 0 aliphatic carbocycles. The van der Waals surface area contributed by atoms with Gasteiger partial charge in [-0.3, -0.25) is 23.7 Å². The van der Waals surface area contributed by atoms with Crippen LogP contribution in [-0.4, -0.2) is 40.0 Å². The smallest absolute Gasteiger partial charge is 0.305 e. The number of aliphatic carboxylic acids is 1. The highest BCUT2D eigenvalue weighted by atomic mass is 19.1. The van der Waals surface area contributed by atoms with Crippen LogP contribution in [0.15, 0.2) is 41.2 Å². The number of carboxylic acids is 1. The molecule has 8 heteroatoms. The number of amides is 1. The maximum Gasteiger partial charge on any atom is 0.305 e. The number of para-hydroxylation sites is 1. The number of benzene rings is 1. The summed E-state index contributed by atoms with van der Waals surface area (Å²) in [5, 5.41) is 11.8. The largest absolute Gasteiger partial charge is 0.481 e. The van der Waals surface area contributed by atoms with E-state index in [2.05, 4.69) is 5.32 Å². The minimum absolute atomic E-state index is 0.423. The van der Waals surface area contributed by atoms with Crippen LogP contribution in [0.5, 0.6) is 0 Å². The number of fused-ring (bicyclic) bond motifs is 1. The molecule has 0 saturated carbocycles. The summed E-state index contributed by atoms with van der Waals surface area (Å²) in [7, 11) is 0. The molecule has 0 radical (unpaired) electrons. The molecule has 2 N–H and O–H groups in total. The van der Waals surface area contributed by atoms with E-state index in [1.165, 1.54) is 17.6 Å². The van der Waals surface area contributed by atoms with Gasteiger partial charge >= 0.3 is 5.97 Å². The maximum absolute atomic E-state index is 12.6. The second-order valence-corrected chi connectivity index (χ2v) is 5.54. The monoisotopic (exact) mass is 348 g/mol. The van der Waals surface area contributed by atoms with Gasteiger partial charge in [-0.15, -0.1) is 0 Å². The number of hydrogen-bond acceptors (Lipinski definition) is 4. The molecular formula is C17H17FN2O5. The highest BCUT2D eigenvalue weighted by molar-refractivity contribution is 5.93. The normalized spacial score (nSPS) is 13.2. The number of hydrogen-bond donors (Lipinski definition) is 2. The molecule has 2 rings (SSSR count). The molecule has 1 amide bonds. The molecule has 1 heterocycles. The van der Waals surface area contributed by atoms with Crippen molar-refractivity contribution in [3.63, 3.8) is 0 Å². The fourth-order valence-corrected chi connectivity index (χ4v) is 2.53. The molecular weight excluding hydrogens is 331 g/mol. The summed E-state index contributed by atoms with van der Waals surface area (Å²) >= 11 is 0. The average Bonchev–Trinajstić information content (AvgIpc) is 2.59. The van der Waals surface area contributed by atoms with Gasteiger partial charge in [0.2, 0.25) is 5.91 Å². The van der Waals surface area contributed by atoms with Crippen LogP contribution in [0, 0.1) is 0 Å². The minimum atomic E-state index is -1.48. The number of carboxylic acid groups (broad SMARTS) is 1. The van der Waals surface area contributed by atoms with Crippen molar-refractivity contribution in [2.45, 2.75) is 25.4 Å². The Hall–Kier alpha value is -3.03. The molecule has 0 fully saturated rings. The summed E-state index contributed by atoms with van der Waals surface area (Å²) in [6.45, 7) is 0.0573. The van der Waals surface area contributed by atoms with E-state index in [1.807, 2.05) is 0 Å². The van der Waals surface area contributed by atoms with Gasteiger partial charge < -0.3 is 10.4 Å². The lowest BCUT2D eigenvalue weighted by Crippen LogP contribution is -2.46. The van der Waals surface area contributed by atoms with Gasteiger partial charge in [-0.25, -0.2) is 4.39 Å². The summed E-state index contributed by atoms with van der Waals surface area (Å²) in [5.41, 5.74) is 0.0946. The highest BCUT2D eigenvalue weighted by Crippen LogP contribution is 2.16. The van der Waals surface area contributed by atoms with Crippen LogP contribution in [0.4, 0.5) is 4.39 Å². The molecule has 1 unspecified atom stereocenters. The van der Waals surface area contributed by atoms with Crippen LogP contribution in [0.1, 0.15) is 19.4 Å². The van der Waals surface area contributed by atoms with E-state index >= 15 is 0 Å². The zero-order valence-corrected chi connectivity index (χ0v) is 13.4. The predicted molar refractivity (Wildman–Crippen MR) is 88.1 cm³/mol. The number of aromatic nitrogens is 1. The molecule has 0 aliphatic rings. The van der Waals surface area contributed by atoms with Crippen LogP contribution in [-0.2, 0) is 14.4 Å². The van der Waals surface area contributed by atoms with E-state index in [9.17, 15) is 23.6 Å². The van der Waals surface area contributed by atoms with Crippen LogP contribution in [0.3, 0.4) is 0 Å². The lowest BCUT2D eigenvalue weighted by molar-refractivity contribution is -0.140. The van der Waals surface area contributed by atoms with E-state index in [0.29, 0.717) is 5.52 Å². The number of nitrogens with one attached hydrogen (secondary N) is 1. The summed E-state index contributed by atoms with van der Waals surface area (Å²) in [6.07, 6.45) is -0.731. The number of rotatable bonds is 7. The first-order valence-corrected chi connectivity index (χ1v) is 7.56. The van der Waals surface area contributed by atoms with E-state index in [4.69, 9.17) is 5.11 Å². The molecule has 1 aromatic heterocycles. The van der Waals surface area contributed by atoms with Crippen LogP contribution in [0.2, 0.25) is 0 Å². The molecule has 132 valence electrons. The summed E-state index contributed by atoms with van der Waals surface area (Å²) < 4.78 is 13.8. The van der Waals surface area contributed by atoms with E-state index < -0.39 is 48.4 Å². The fraction of sp³-hybridized carbons (Fsp3) is 0.294. The Labute approximate surface area is 142 Å². The summed E-state index contributed by atoms with van der Waals surface area (Å²) in [4.78, 5) is 46.9. The van der Waals surface area contributed by atoms with Crippen molar-refractivity contribution in [1.29, 1.82) is 0 Å². The zero-order valence-electron chi connectivity index (χ0n) is 13.4. The van der Waals surface area contributed by atoms with E-state index in [1.54, 1.807) is 30.3 Å². The number of carbonyl (C=O) groups excluding carboxylic acids is 2. The van der Waals surface area contributed by atoms with Gasteiger partial charge in [0, 0.05) is 6.07 Å². The topological polar surface area (TPSA) is 105 Å². The maximum atomic E-state index is 12.6. The summed E-state index contributed by atoms with van der Waals surface area (Å²) in [5.74, 6) is -3.12. The quantitative estimate of drug-likeness (QED) is 0.778. The third kappa shape index (κ3) is 4.09.